The van der Waals surface area contributed by atoms with Gasteiger partial charge in [-0.25, -0.2) is 0 Å². The van der Waals surface area contributed by atoms with Crippen molar-refractivity contribution in [2.24, 2.45) is 0 Å². The molecule has 0 aliphatic carbocycles. The van der Waals surface area contributed by atoms with Crippen molar-refractivity contribution in [3.05, 3.63) is 65.7 Å². The summed E-state index contributed by atoms with van der Waals surface area (Å²) in [7, 11) is 0. The minimum Gasteiger partial charge on any atom is -0.384 e. The summed E-state index contributed by atoms with van der Waals surface area (Å²) < 4.78 is 0. The summed E-state index contributed by atoms with van der Waals surface area (Å²) in [6.07, 6.45) is 0. The van der Waals surface area contributed by atoms with Gasteiger partial charge in [-0.3, -0.25) is 0 Å². The quantitative estimate of drug-likeness (QED) is 0.773. The Hall–Kier alpha value is -1.41. The number of benzene rings is 2. The lowest BCUT2D eigenvalue weighted by atomic mass is 10.2. The number of hydrogen-bond donors (Lipinski definition) is 1. The molecular formula is C16H19NS. The van der Waals surface area contributed by atoms with E-state index in [4.69, 9.17) is 0 Å². The van der Waals surface area contributed by atoms with Gasteiger partial charge in [-0.2, -0.15) is 11.8 Å². The summed E-state index contributed by atoms with van der Waals surface area (Å²) >= 11 is 1.97. The third kappa shape index (κ3) is 4.46. The molecule has 0 amide bonds. The zero-order valence-corrected chi connectivity index (χ0v) is 11.5. The first-order valence-electron chi connectivity index (χ1n) is 6.27. The van der Waals surface area contributed by atoms with Crippen LogP contribution in [0.3, 0.4) is 0 Å². The van der Waals surface area contributed by atoms with E-state index in [1.54, 1.807) is 0 Å². The highest BCUT2D eigenvalue weighted by molar-refractivity contribution is 7.98. The van der Waals surface area contributed by atoms with Crippen LogP contribution in [0.5, 0.6) is 0 Å². The highest BCUT2D eigenvalue weighted by atomic mass is 32.2. The molecule has 0 aliphatic heterocycles. The predicted octanol–water partition coefficient (Wildman–Crippen LogP) is 4.34. The zero-order chi connectivity index (χ0) is 12.6. The number of hydrogen-bond acceptors (Lipinski definition) is 2. The molecule has 0 unspecified atom stereocenters. The van der Waals surface area contributed by atoms with E-state index >= 15 is 0 Å². The van der Waals surface area contributed by atoms with Crippen molar-refractivity contribution in [1.82, 2.24) is 0 Å². The van der Waals surface area contributed by atoms with E-state index in [1.165, 1.54) is 16.8 Å². The Morgan fingerprint density at radius 3 is 2.61 bits per heavy atom. The maximum Gasteiger partial charge on any atom is 0.0340 e. The summed E-state index contributed by atoms with van der Waals surface area (Å²) in [5, 5.41) is 3.42. The lowest BCUT2D eigenvalue weighted by Gasteiger charge is -2.06. The molecule has 0 spiro atoms. The van der Waals surface area contributed by atoms with Gasteiger partial charge < -0.3 is 5.32 Å². The van der Waals surface area contributed by atoms with Crippen LogP contribution in [0.4, 0.5) is 5.69 Å². The molecule has 0 radical (unpaired) electrons. The third-order valence-corrected chi connectivity index (χ3v) is 3.73. The van der Waals surface area contributed by atoms with Gasteiger partial charge in [-0.05, 0) is 24.6 Å². The molecule has 0 aromatic heterocycles. The standard InChI is InChI=1S/C16H19NS/c1-14-6-5-7-15(12-14)13-18-11-10-17-16-8-3-2-4-9-16/h2-9,12,17H,10-11,13H2,1H3. The van der Waals surface area contributed by atoms with Crippen LogP contribution in [0.2, 0.25) is 0 Å². The van der Waals surface area contributed by atoms with Crippen molar-refractivity contribution < 1.29 is 0 Å². The molecule has 0 bridgehead atoms. The van der Waals surface area contributed by atoms with Gasteiger partial charge in [0.25, 0.3) is 0 Å². The molecule has 0 aliphatic rings. The minimum absolute atomic E-state index is 1.01. The predicted molar refractivity (Wildman–Crippen MR) is 82.3 cm³/mol. The molecule has 0 fully saturated rings. The molecule has 0 atom stereocenters. The second-order valence-electron chi connectivity index (χ2n) is 4.33. The molecule has 0 heterocycles. The Morgan fingerprint density at radius 2 is 1.83 bits per heavy atom. The fourth-order valence-corrected chi connectivity index (χ4v) is 2.62. The van der Waals surface area contributed by atoms with Gasteiger partial charge in [0.05, 0.1) is 0 Å². The Morgan fingerprint density at radius 1 is 1.00 bits per heavy atom. The number of nitrogens with one attached hydrogen (secondary N) is 1. The zero-order valence-electron chi connectivity index (χ0n) is 10.7. The molecule has 0 saturated carbocycles. The number of anilines is 1. The average molecular weight is 257 g/mol. The lowest BCUT2D eigenvalue weighted by Crippen LogP contribution is -2.03. The Labute approximate surface area is 114 Å². The molecule has 2 heteroatoms. The number of aryl methyl sites for hydroxylation is 1. The molecular weight excluding hydrogens is 238 g/mol. The van der Waals surface area contributed by atoms with E-state index in [-0.39, 0.29) is 0 Å². The van der Waals surface area contributed by atoms with Gasteiger partial charge in [0.1, 0.15) is 0 Å². The van der Waals surface area contributed by atoms with Gasteiger partial charge in [0, 0.05) is 23.7 Å². The van der Waals surface area contributed by atoms with Crippen molar-refractivity contribution in [1.29, 1.82) is 0 Å². The Kier molecular flexibility index (Phi) is 5.15. The molecule has 18 heavy (non-hydrogen) atoms. The lowest BCUT2D eigenvalue weighted by molar-refractivity contribution is 1.22. The third-order valence-electron chi connectivity index (χ3n) is 2.70. The number of para-hydroxylation sites is 1. The van der Waals surface area contributed by atoms with Crippen LogP contribution in [0.1, 0.15) is 11.1 Å². The van der Waals surface area contributed by atoms with E-state index in [2.05, 4.69) is 60.8 Å². The number of thioether (sulfide) groups is 1. The van der Waals surface area contributed by atoms with Crippen molar-refractivity contribution in [3.63, 3.8) is 0 Å². The summed E-state index contributed by atoms with van der Waals surface area (Å²) in [4.78, 5) is 0. The number of rotatable bonds is 6. The molecule has 2 aromatic carbocycles. The maximum atomic E-state index is 3.42. The second-order valence-corrected chi connectivity index (χ2v) is 5.44. The molecule has 1 N–H and O–H groups in total. The van der Waals surface area contributed by atoms with Crippen LogP contribution in [0.15, 0.2) is 54.6 Å². The van der Waals surface area contributed by atoms with E-state index in [0.29, 0.717) is 0 Å². The van der Waals surface area contributed by atoms with Crippen molar-refractivity contribution >= 4 is 17.4 Å². The summed E-state index contributed by atoms with van der Waals surface area (Å²) in [5.41, 5.74) is 3.96. The Bertz CT molecular complexity index is 468. The second kappa shape index (κ2) is 7.12. The SMILES string of the molecule is Cc1cccc(CSCCNc2ccccc2)c1. The van der Waals surface area contributed by atoms with E-state index < -0.39 is 0 Å². The van der Waals surface area contributed by atoms with Crippen LogP contribution in [-0.2, 0) is 5.75 Å². The van der Waals surface area contributed by atoms with Gasteiger partial charge in [0.15, 0.2) is 0 Å². The van der Waals surface area contributed by atoms with Gasteiger partial charge >= 0.3 is 0 Å². The Balaban J connectivity index is 1.65. The van der Waals surface area contributed by atoms with Crippen molar-refractivity contribution in [2.45, 2.75) is 12.7 Å². The smallest absolute Gasteiger partial charge is 0.0340 e. The summed E-state index contributed by atoms with van der Waals surface area (Å²) in [6, 6.07) is 19.1. The first kappa shape index (κ1) is 13.0. The maximum absolute atomic E-state index is 3.42. The molecule has 94 valence electrons. The monoisotopic (exact) mass is 257 g/mol. The van der Waals surface area contributed by atoms with Crippen LogP contribution in [0, 0.1) is 6.92 Å². The first-order valence-corrected chi connectivity index (χ1v) is 7.42. The van der Waals surface area contributed by atoms with E-state index in [9.17, 15) is 0 Å². The van der Waals surface area contributed by atoms with E-state index in [1.807, 2.05) is 17.8 Å². The topological polar surface area (TPSA) is 12.0 Å². The van der Waals surface area contributed by atoms with Crippen LogP contribution < -0.4 is 5.32 Å². The highest BCUT2D eigenvalue weighted by Crippen LogP contribution is 2.13. The molecule has 0 saturated heterocycles. The van der Waals surface area contributed by atoms with Gasteiger partial charge in [0.2, 0.25) is 0 Å². The van der Waals surface area contributed by atoms with Gasteiger partial charge in [-0.15, -0.1) is 0 Å². The van der Waals surface area contributed by atoms with Crippen molar-refractivity contribution in [2.75, 3.05) is 17.6 Å². The normalized spacial score (nSPS) is 10.3. The van der Waals surface area contributed by atoms with Crippen LogP contribution in [0.25, 0.3) is 0 Å². The summed E-state index contributed by atoms with van der Waals surface area (Å²) in [6.45, 7) is 3.16. The largest absolute Gasteiger partial charge is 0.384 e. The van der Waals surface area contributed by atoms with Crippen molar-refractivity contribution in [3.8, 4) is 0 Å². The fraction of sp³-hybridized carbons (Fsp3) is 0.250. The molecule has 1 nitrogen and oxygen atoms in total. The fourth-order valence-electron chi connectivity index (χ4n) is 1.82. The first-order chi connectivity index (χ1) is 8.84. The van der Waals surface area contributed by atoms with Gasteiger partial charge in [-0.1, -0.05) is 48.0 Å². The average Bonchev–Trinajstić information content (AvgIpc) is 2.40. The van der Waals surface area contributed by atoms with E-state index in [0.717, 1.165) is 18.1 Å². The molecule has 2 rings (SSSR count). The minimum atomic E-state index is 1.01. The molecule has 2 aromatic rings. The highest BCUT2D eigenvalue weighted by Gasteiger charge is 1.94. The summed E-state index contributed by atoms with van der Waals surface area (Å²) in [5.74, 6) is 2.22. The van der Waals surface area contributed by atoms with Crippen LogP contribution in [-0.4, -0.2) is 12.3 Å². The van der Waals surface area contributed by atoms with Crippen LogP contribution >= 0.6 is 11.8 Å².